The number of carbonyl (C=O) groups excluding carboxylic acids is 1. The van der Waals surface area contributed by atoms with E-state index in [1.54, 1.807) is 31.1 Å². The monoisotopic (exact) mass is 434 g/mol. The molecule has 162 valence electrons. The van der Waals surface area contributed by atoms with Gasteiger partial charge < -0.3 is 4.90 Å². The molecule has 0 radical (unpaired) electrons. The largest absolute Gasteiger partial charge is 0.336 e. The molecule has 2 aromatic rings. The van der Waals surface area contributed by atoms with E-state index < -0.39 is 21.7 Å². The van der Waals surface area contributed by atoms with Crippen LogP contribution in [0, 0.1) is 5.82 Å². The Morgan fingerprint density at radius 3 is 2.30 bits per heavy atom. The van der Waals surface area contributed by atoms with Gasteiger partial charge >= 0.3 is 0 Å². The summed E-state index contributed by atoms with van der Waals surface area (Å²) in [4.78, 5) is 20.7. The third-order valence-electron chi connectivity index (χ3n) is 5.33. The molecule has 1 fully saturated rings. The van der Waals surface area contributed by atoms with Crippen molar-refractivity contribution < 1.29 is 17.6 Å². The predicted molar refractivity (Wildman–Crippen MR) is 112 cm³/mol. The second-order valence-corrected chi connectivity index (χ2v) is 9.09. The van der Waals surface area contributed by atoms with Crippen molar-refractivity contribution in [2.24, 2.45) is 0 Å². The summed E-state index contributed by atoms with van der Waals surface area (Å²) in [6, 6.07) is 7.34. The minimum absolute atomic E-state index is 0.0627. The molecular weight excluding hydrogens is 407 g/mol. The third-order valence-corrected chi connectivity index (χ3v) is 7.37. The summed E-state index contributed by atoms with van der Waals surface area (Å²) in [6.45, 7) is 7.07. The van der Waals surface area contributed by atoms with Crippen molar-refractivity contribution in [3.05, 3.63) is 59.7 Å². The molecule has 0 unspecified atom stereocenters. The molecule has 9 heteroatoms. The molecule has 2 heterocycles. The Balaban J connectivity index is 1.71. The normalized spacial score (nSPS) is 15.5. The van der Waals surface area contributed by atoms with E-state index in [1.165, 1.54) is 10.4 Å². The highest BCUT2D eigenvalue weighted by Gasteiger charge is 2.27. The zero-order valence-corrected chi connectivity index (χ0v) is 18.1. The number of hydrogen-bond acceptors (Lipinski definition) is 5. The Morgan fingerprint density at radius 2 is 1.70 bits per heavy atom. The van der Waals surface area contributed by atoms with Crippen LogP contribution < -0.4 is 0 Å². The molecule has 0 bridgehead atoms. The molecule has 1 aromatic heterocycles. The van der Waals surface area contributed by atoms with Crippen LogP contribution in [0.4, 0.5) is 4.39 Å². The fraction of sp³-hybridized carbons (Fsp3) is 0.429. The number of benzene rings is 1. The van der Waals surface area contributed by atoms with E-state index in [0.717, 1.165) is 24.2 Å². The first-order valence-electron chi connectivity index (χ1n) is 10.1. The fourth-order valence-corrected chi connectivity index (χ4v) is 5.05. The highest BCUT2D eigenvalue weighted by Crippen LogP contribution is 2.21. The van der Waals surface area contributed by atoms with E-state index in [4.69, 9.17) is 0 Å². The summed E-state index contributed by atoms with van der Waals surface area (Å²) >= 11 is 0. The number of nitrogens with zero attached hydrogens (tertiary/aromatic N) is 4. The molecule has 3 rings (SSSR count). The van der Waals surface area contributed by atoms with Crippen LogP contribution in [-0.2, 0) is 16.6 Å². The molecule has 30 heavy (non-hydrogen) atoms. The lowest BCUT2D eigenvalue weighted by molar-refractivity contribution is 0.0623. The summed E-state index contributed by atoms with van der Waals surface area (Å²) in [7, 11) is -3.77. The summed E-state index contributed by atoms with van der Waals surface area (Å²) in [5, 5.41) is 0. The summed E-state index contributed by atoms with van der Waals surface area (Å²) in [5.41, 5.74) is 0.941. The maximum Gasteiger partial charge on any atom is 0.256 e. The number of carbonyl (C=O) groups is 1. The molecule has 1 saturated heterocycles. The van der Waals surface area contributed by atoms with Crippen LogP contribution in [0.1, 0.15) is 29.8 Å². The quantitative estimate of drug-likeness (QED) is 0.668. The second-order valence-electron chi connectivity index (χ2n) is 7.15. The van der Waals surface area contributed by atoms with Crippen molar-refractivity contribution in [3.63, 3.8) is 0 Å². The van der Waals surface area contributed by atoms with Gasteiger partial charge in [-0.2, -0.15) is 4.31 Å². The molecule has 1 amide bonds. The van der Waals surface area contributed by atoms with Gasteiger partial charge in [0, 0.05) is 58.2 Å². The van der Waals surface area contributed by atoms with Crippen LogP contribution in [0.3, 0.4) is 0 Å². The third kappa shape index (κ3) is 4.85. The number of amides is 1. The molecule has 0 saturated carbocycles. The highest BCUT2D eigenvalue weighted by molar-refractivity contribution is 7.89. The van der Waals surface area contributed by atoms with Crippen molar-refractivity contribution in [2.45, 2.75) is 25.3 Å². The van der Waals surface area contributed by atoms with Crippen molar-refractivity contribution >= 4 is 15.9 Å². The first kappa shape index (κ1) is 22.3. The van der Waals surface area contributed by atoms with E-state index in [-0.39, 0.29) is 10.5 Å². The molecule has 7 nitrogen and oxygen atoms in total. The molecular formula is C21H27FN4O3S. The van der Waals surface area contributed by atoms with E-state index in [0.29, 0.717) is 39.3 Å². The van der Waals surface area contributed by atoms with Gasteiger partial charge in [0.05, 0.1) is 10.5 Å². The number of aromatic nitrogens is 1. The topological polar surface area (TPSA) is 73.8 Å². The number of halogens is 1. The maximum absolute atomic E-state index is 14.4. The zero-order chi connectivity index (χ0) is 21.7. The van der Waals surface area contributed by atoms with E-state index in [1.807, 2.05) is 12.1 Å². The van der Waals surface area contributed by atoms with Gasteiger partial charge in [-0.25, -0.2) is 12.8 Å². The van der Waals surface area contributed by atoms with Gasteiger partial charge in [-0.15, -0.1) is 0 Å². The number of sulfonamides is 1. The Bertz CT molecular complexity index is 973. The summed E-state index contributed by atoms with van der Waals surface area (Å²) < 4.78 is 41.2. The van der Waals surface area contributed by atoms with Crippen LogP contribution in [0.5, 0.6) is 0 Å². The van der Waals surface area contributed by atoms with Gasteiger partial charge in [-0.05, 0) is 35.9 Å². The number of piperazine rings is 1. The minimum Gasteiger partial charge on any atom is -0.336 e. The van der Waals surface area contributed by atoms with Gasteiger partial charge in [-0.3, -0.25) is 14.7 Å². The van der Waals surface area contributed by atoms with E-state index >= 15 is 0 Å². The number of hydrogen-bond donors (Lipinski definition) is 0. The first-order valence-corrected chi connectivity index (χ1v) is 11.5. The zero-order valence-electron chi connectivity index (χ0n) is 17.3. The van der Waals surface area contributed by atoms with Gasteiger partial charge in [-0.1, -0.05) is 13.8 Å². The molecule has 0 N–H and O–H groups in total. The lowest BCUT2D eigenvalue weighted by atomic mass is 10.1. The Morgan fingerprint density at radius 1 is 1.07 bits per heavy atom. The van der Waals surface area contributed by atoms with Gasteiger partial charge in [0.15, 0.2) is 0 Å². The van der Waals surface area contributed by atoms with E-state index in [9.17, 15) is 17.6 Å². The van der Waals surface area contributed by atoms with Gasteiger partial charge in [0.1, 0.15) is 5.82 Å². The lowest BCUT2D eigenvalue weighted by Crippen LogP contribution is -2.48. The second kappa shape index (κ2) is 9.63. The maximum atomic E-state index is 14.4. The van der Waals surface area contributed by atoms with E-state index in [2.05, 4.69) is 9.88 Å². The molecule has 1 aromatic carbocycles. The van der Waals surface area contributed by atoms with Crippen molar-refractivity contribution in [2.75, 3.05) is 39.3 Å². The lowest BCUT2D eigenvalue weighted by Gasteiger charge is -2.35. The van der Waals surface area contributed by atoms with Gasteiger partial charge in [0.2, 0.25) is 10.0 Å². The number of rotatable bonds is 7. The van der Waals surface area contributed by atoms with Gasteiger partial charge in [0.25, 0.3) is 5.91 Å². The average Bonchev–Trinajstić information content (AvgIpc) is 2.75. The highest BCUT2D eigenvalue weighted by atomic mass is 32.2. The van der Waals surface area contributed by atoms with Crippen LogP contribution in [0.25, 0.3) is 0 Å². The molecule has 1 aliphatic heterocycles. The Labute approximate surface area is 177 Å². The first-order chi connectivity index (χ1) is 14.4. The Hall–Kier alpha value is -2.36. The SMILES string of the molecule is CCN(CC)S(=O)(=O)c1ccc(F)c(C(=O)N2CCN(Cc3ccncc3)CC2)c1. The molecule has 1 aliphatic rings. The summed E-state index contributed by atoms with van der Waals surface area (Å²) in [5.74, 6) is -1.19. The van der Waals surface area contributed by atoms with Crippen LogP contribution >= 0.6 is 0 Å². The summed E-state index contributed by atoms with van der Waals surface area (Å²) in [6.07, 6.45) is 3.49. The smallest absolute Gasteiger partial charge is 0.256 e. The van der Waals surface area contributed by atoms with Crippen molar-refractivity contribution in [1.29, 1.82) is 0 Å². The van der Waals surface area contributed by atoms with Crippen LogP contribution in [0.2, 0.25) is 0 Å². The van der Waals surface area contributed by atoms with Crippen LogP contribution in [0.15, 0.2) is 47.6 Å². The Kier molecular flexibility index (Phi) is 7.17. The minimum atomic E-state index is -3.77. The average molecular weight is 435 g/mol. The molecule has 0 aliphatic carbocycles. The standard InChI is InChI=1S/C21H27FN4O3S/c1-3-26(4-2)30(28,29)18-5-6-20(22)19(15-18)21(27)25-13-11-24(12-14-25)16-17-7-9-23-10-8-17/h5-10,15H,3-4,11-14,16H2,1-2H3. The number of pyridine rings is 1. The molecule has 0 atom stereocenters. The van der Waals surface area contributed by atoms with Crippen molar-refractivity contribution in [3.8, 4) is 0 Å². The molecule has 0 spiro atoms. The predicted octanol–water partition coefficient (Wildman–Crippen LogP) is 2.21. The fourth-order valence-electron chi connectivity index (χ4n) is 3.57. The van der Waals surface area contributed by atoms with Crippen molar-refractivity contribution in [1.82, 2.24) is 19.1 Å². The van der Waals surface area contributed by atoms with Crippen LogP contribution in [-0.4, -0.2) is 72.7 Å².